The molecular weight excluding hydrogens is 254 g/mol. The Bertz CT molecular complexity index is 470. The zero-order valence-corrected chi connectivity index (χ0v) is 12.2. The van der Waals surface area contributed by atoms with Crippen molar-refractivity contribution in [2.45, 2.75) is 19.9 Å². The summed E-state index contributed by atoms with van der Waals surface area (Å²) in [6.07, 6.45) is 0. The number of rotatable bonds is 5. The number of nitrogens with zero attached hydrogens (tertiary/aromatic N) is 1. The van der Waals surface area contributed by atoms with Crippen LogP contribution in [0.1, 0.15) is 24.2 Å². The molecular formula is C15H23N3O2. The Balaban J connectivity index is 1.95. The summed E-state index contributed by atoms with van der Waals surface area (Å²) in [5.74, 6) is -0.00742. The Hall–Kier alpha value is -1.59. The lowest BCUT2D eigenvalue weighted by molar-refractivity contribution is 0.0368. The van der Waals surface area contributed by atoms with E-state index >= 15 is 0 Å². The lowest BCUT2D eigenvalue weighted by Gasteiger charge is -2.29. The lowest BCUT2D eigenvalue weighted by Crippen LogP contribution is -2.42. The molecule has 0 aromatic heterocycles. The van der Waals surface area contributed by atoms with Crippen LogP contribution in [0.25, 0.3) is 0 Å². The van der Waals surface area contributed by atoms with Gasteiger partial charge >= 0.3 is 0 Å². The molecule has 1 unspecified atom stereocenters. The molecule has 5 nitrogen and oxygen atoms in total. The number of anilines is 2. The molecule has 1 aliphatic rings. The fourth-order valence-electron chi connectivity index (χ4n) is 2.45. The van der Waals surface area contributed by atoms with Gasteiger partial charge in [-0.2, -0.15) is 0 Å². The monoisotopic (exact) mass is 277 g/mol. The molecule has 1 atom stereocenters. The third kappa shape index (κ3) is 3.95. The Morgan fingerprint density at radius 3 is 2.80 bits per heavy atom. The van der Waals surface area contributed by atoms with E-state index < -0.39 is 0 Å². The quantitative estimate of drug-likeness (QED) is 0.632. The van der Waals surface area contributed by atoms with Gasteiger partial charge in [0.25, 0.3) is 0 Å². The van der Waals surface area contributed by atoms with E-state index in [0.717, 1.165) is 38.5 Å². The van der Waals surface area contributed by atoms with Gasteiger partial charge in [0.15, 0.2) is 5.78 Å². The van der Waals surface area contributed by atoms with Crippen LogP contribution in [0.3, 0.4) is 0 Å². The van der Waals surface area contributed by atoms with E-state index in [1.165, 1.54) is 6.92 Å². The van der Waals surface area contributed by atoms with Crippen molar-refractivity contribution >= 4 is 17.2 Å². The van der Waals surface area contributed by atoms with E-state index in [1.807, 2.05) is 12.1 Å². The number of nitrogen functional groups attached to an aromatic ring is 1. The summed E-state index contributed by atoms with van der Waals surface area (Å²) in [5, 5.41) is 3.42. The van der Waals surface area contributed by atoms with Gasteiger partial charge in [-0.15, -0.1) is 0 Å². The molecule has 5 heteroatoms. The van der Waals surface area contributed by atoms with Crippen molar-refractivity contribution in [1.29, 1.82) is 0 Å². The number of nitrogens with two attached hydrogens (primary N) is 1. The largest absolute Gasteiger partial charge is 0.398 e. The second-order valence-corrected chi connectivity index (χ2v) is 5.32. The van der Waals surface area contributed by atoms with Crippen molar-refractivity contribution in [3.63, 3.8) is 0 Å². The van der Waals surface area contributed by atoms with Gasteiger partial charge in [-0.25, -0.2) is 0 Å². The Morgan fingerprint density at radius 1 is 1.45 bits per heavy atom. The minimum atomic E-state index is -0.00742. The topological polar surface area (TPSA) is 67.6 Å². The highest BCUT2D eigenvalue weighted by Crippen LogP contribution is 2.19. The number of hydrogen-bond acceptors (Lipinski definition) is 5. The van der Waals surface area contributed by atoms with E-state index in [-0.39, 0.29) is 5.78 Å². The van der Waals surface area contributed by atoms with Gasteiger partial charge in [0, 0.05) is 42.6 Å². The van der Waals surface area contributed by atoms with Crippen LogP contribution in [0.2, 0.25) is 0 Å². The molecule has 0 saturated carbocycles. The molecule has 0 spiro atoms. The number of ketones is 1. The van der Waals surface area contributed by atoms with Crippen molar-refractivity contribution < 1.29 is 9.53 Å². The predicted molar refractivity (Wildman–Crippen MR) is 81.2 cm³/mol. The Kier molecular flexibility index (Phi) is 4.98. The summed E-state index contributed by atoms with van der Waals surface area (Å²) in [4.78, 5) is 13.9. The van der Waals surface area contributed by atoms with Crippen LogP contribution in [-0.2, 0) is 4.74 Å². The Morgan fingerprint density at radius 2 is 2.15 bits per heavy atom. The second-order valence-electron chi connectivity index (χ2n) is 5.32. The molecule has 1 fully saturated rings. The first-order valence-electron chi connectivity index (χ1n) is 7.03. The predicted octanol–water partition coefficient (Wildman–Crippen LogP) is 1.60. The number of nitrogens with one attached hydrogen (secondary N) is 1. The van der Waals surface area contributed by atoms with Gasteiger partial charge in [0.05, 0.1) is 13.2 Å². The van der Waals surface area contributed by atoms with E-state index in [1.54, 1.807) is 6.07 Å². The molecule has 0 aliphatic carbocycles. The first kappa shape index (κ1) is 14.8. The Labute approximate surface area is 120 Å². The summed E-state index contributed by atoms with van der Waals surface area (Å²) in [7, 11) is 0. The molecule has 2 rings (SSSR count). The zero-order valence-electron chi connectivity index (χ0n) is 12.2. The van der Waals surface area contributed by atoms with Crippen molar-refractivity contribution in [2.75, 3.05) is 43.9 Å². The van der Waals surface area contributed by atoms with Crippen LogP contribution in [0, 0.1) is 0 Å². The summed E-state index contributed by atoms with van der Waals surface area (Å²) in [6, 6.07) is 5.82. The first-order chi connectivity index (χ1) is 9.56. The minimum Gasteiger partial charge on any atom is -0.398 e. The molecule has 1 aromatic carbocycles. The highest BCUT2D eigenvalue weighted by atomic mass is 16.5. The molecule has 3 N–H and O–H groups in total. The van der Waals surface area contributed by atoms with Crippen molar-refractivity contribution in [1.82, 2.24) is 4.90 Å². The fourth-order valence-corrected chi connectivity index (χ4v) is 2.45. The van der Waals surface area contributed by atoms with E-state index in [4.69, 9.17) is 10.5 Å². The average Bonchev–Trinajstić information content (AvgIpc) is 2.41. The molecule has 1 heterocycles. The lowest BCUT2D eigenvalue weighted by atomic mass is 10.1. The highest BCUT2D eigenvalue weighted by Gasteiger charge is 2.14. The summed E-state index contributed by atoms with van der Waals surface area (Å²) < 4.78 is 5.34. The molecule has 20 heavy (non-hydrogen) atoms. The number of ether oxygens (including phenoxy) is 1. The number of morpholine rings is 1. The van der Waals surface area contributed by atoms with Gasteiger partial charge in [-0.3, -0.25) is 9.69 Å². The number of carbonyl (C=O) groups excluding carboxylic acids is 1. The SMILES string of the molecule is CC(=O)c1cc(NC(C)CN2CCOCC2)ccc1N. The number of carbonyl (C=O) groups is 1. The molecule has 0 amide bonds. The smallest absolute Gasteiger partial charge is 0.161 e. The number of benzene rings is 1. The highest BCUT2D eigenvalue weighted by molar-refractivity contribution is 6.00. The van der Waals surface area contributed by atoms with Crippen LogP contribution >= 0.6 is 0 Å². The maximum atomic E-state index is 11.5. The van der Waals surface area contributed by atoms with Gasteiger partial charge < -0.3 is 15.8 Å². The molecule has 110 valence electrons. The van der Waals surface area contributed by atoms with Gasteiger partial charge in [-0.1, -0.05) is 0 Å². The minimum absolute atomic E-state index is 0.00742. The number of Topliss-reactive ketones (excluding diaryl/α,β-unsaturated/α-hetero) is 1. The van der Waals surface area contributed by atoms with E-state index in [0.29, 0.717) is 17.3 Å². The molecule has 1 saturated heterocycles. The average molecular weight is 277 g/mol. The molecule has 1 aliphatic heterocycles. The zero-order chi connectivity index (χ0) is 14.5. The maximum Gasteiger partial charge on any atom is 0.161 e. The van der Waals surface area contributed by atoms with Gasteiger partial charge in [0.2, 0.25) is 0 Å². The number of hydrogen-bond donors (Lipinski definition) is 2. The van der Waals surface area contributed by atoms with Crippen LogP contribution in [0.4, 0.5) is 11.4 Å². The second kappa shape index (κ2) is 6.72. The summed E-state index contributed by atoms with van der Waals surface area (Å²) >= 11 is 0. The maximum absolute atomic E-state index is 11.5. The van der Waals surface area contributed by atoms with Crippen molar-refractivity contribution in [3.8, 4) is 0 Å². The van der Waals surface area contributed by atoms with Crippen molar-refractivity contribution in [3.05, 3.63) is 23.8 Å². The van der Waals surface area contributed by atoms with Gasteiger partial charge in [-0.05, 0) is 32.0 Å². The molecule has 0 bridgehead atoms. The normalized spacial score (nSPS) is 17.7. The first-order valence-corrected chi connectivity index (χ1v) is 7.03. The molecule has 1 aromatic rings. The van der Waals surface area contributed by atoms with E-state index in [9.17, 15) is 4.79 Å². The summed E-state index contributed by atoms with van der Waals surface area (Å²) in [6.45, 7) is 8.21. The summed E-state index contributed by atoms with van der Waals surface area (Å²) in [5.41, 5.74) is 7.84. The van der Waals surface area contributed by atoms with Gasteiger partial charge in [0.1, 0.15) is 0 Å². The fraction of sp³-hybridized carbons (Fsp3) is 0.533. The van der Waals surface area contributed by atoms with E-state index in [2.05, 4.69) is 17.1 Å². The van der Waals surface area contributed by atoms with Crippen LogP contribution < -0.4 is 11.1 Å². The molecule has 0 radical (unpaired) electrons. The van der Waals surface area contributed by atoms with Crippen LogP contribution in [0.15, 0.2) is 18.2 Å². The van der Waals surface area contributed by atoms with Crippen LogP contribution in [-0.4, -0.2) is 49.6 Å². The van der Waals surface area contributed by atoms with Crippen LogP contribution in [0.5, 0.6) is 0 Å². The standard InChI is InChI=1S/C15H23N3O2/c1-11(10-18-5-7-20-8-6-18)17-13-3-4-15(16)14(9-13)12(2)19/h3-4,9,11,17H,5-8,10,16H2,1-2H3. The third-order valence-electron chi connectivity index (χ3n) is 3.48. The van der Waals surface area contributed by atoms with Crippen molar-refractivity contribution in [2.24, 2.45) is 0 Å². The third-order valence-corrected chi connectivity index (χ3v) is 3.48.